The topological polar surface area (TPSA) is 38.3 Å². The lowest BCUT2D eigenvalue weighted by Gasteiger charge is -2.14. The molecule has 1 aliphatic carbocycles. The maximum Gasteiger partial charge on any atom is 0.223 e. The van der Waals surface area contributed by atoms with E-state index in [0.717, 1.165) is 35.6 Å². The van der Waals surface area contributed by atoms with Crippen molar-refractivity contribution in [3.63, 3.8) is 0 Å². The first-order valence-corrected chi connectivity index (χ1v) is 7.54. The predicted octanol–water partition coefficient (Wildman–Crippen LogP) is 3.38. The van der Waals surface area contributed by atoms with Gasteiger partial charge in [0.15, 0.2) is 0 Å². The van der Waals surface area contributed by atoms with E-state index in [2.05, 4.69) is 12.2 Å². The smallest absolute Gasteiger partial charge is 0.223 e. The van der Waals surface area contributed by atoms with Crippen LogP contribution in [0.1, 0.15) is 43.7 Å². The van der Waals surface area contributed by atoms with Gasteiger partial charge < -0.3 is 10.1 Å². The third kappa shape index (κ3) is 3.99. The Hall–Kier alpha value is -1.51. The van der Waals surface area contributed by atoms with Gasteiger partial charge in [0.2, 0.25) is 5.91 Å². The van der Waals surface area contributed by atoms with Gasteiger partial charge in [-0.3, -0.25) is 4.79 Å². The van der Waals surface area contributed by atoms with Crippen LogP contribution in [0.3, 0.4) is 0 Å². The molecule has 1 aromatic rings. The van der Waals surface area contributed by atoms with E-state index in [1.54, 1.807) is 0 Å². The Morgan fingerprint density at radius 3 is 2.60 bits per heavy atom. The molecule has 1 saturated carbocycles. The Morgan fingerprint density at radius 2 is 2.00 bits per heavy atom. The molecule has 0 spiro atoms. The number of para-hydroxylation sites is 1. The minimum atomic E-state index is 0.107. The van der Waals surface area contributed by atoms with Crippen LogP contribution in [0.15, 0.2) is 18.2 Å². The van der Waals surface area contributed by atoms with E-state index in [-0.39, 0.29) is 5.91 Å². The number of aryl methyl sites for hydroxylation is 2. The number of rotatable bonds is 5. The maximum absolute atomic E-state index is 11.9. The third-order valence-corrected chi connectivity index (χ3v) is 4.04. The molecule has 2 unspecified atom stereocenters. The highest BCUT2D eigenvalue weighted by molar-refractivity contribution is 5.76. The molecule has 0 aliphatic heterocycles. The van der Waals surface area contributed by atoms with Crippen molar-refractivity contribution < 1.29 is 9.53 Å². The molecule has 1 aromatic carbocycles. The number of nitrogens with one attached hydrogen (secondary N) is 1. The minimum Gasteiger partial charge on any atom is -0.493 e. The monoisotopic (exact) mass is 275 g/mol. The largest absolute Gasteiger partial charge is 0.493 e. The van der Waals surface area contributed by atoms with Crippen molar-refractivity contribution in [2.45, 2.75) is 52.5 Å². The SMILES string of the molecule is Cc1cccc(C)c1OCCC(=O)NC1CCC(C)C1. The van der Waals surface area contributed by atoms with Crippen LogP contribution in [-0.2, 0) is 4.79 Å². The zero-order valence-electron chi connectivity index (χ0n) is 12.7. The Kier molecular flexibility index (Phi) is 5.05. The number of carbonyl (C=O) groups excluding carboxylic acids is 1. The first kappa shape index (κ1) is 14.9. The van der Waals surface area contributed by atoms with Crippen molar-refractivity contribution >= 4 is 5.91 Å². The summed E-state index contributed by atoms with van der Waals surface area (Å²) in [5.41, 5.74) is 2.24. The normalized spacial score (nSPS) is 21.8. The lowest BCUT2D eigenvalue weighted by atomic mass is 10.1. The molecular formula is C17H25NO2. The molecule has 0 aromatic heterocycles. The number of benzene rings is 1. The molecule has 1 fully saturated rings. The number of carbonyl (C=O) groups is 1. The Labute approximate surface area is 121 Å². The van der Waals surface area contributed by atoms with Gasteiger partial charge in [-0.1, -0.05) is 25.1 Å². The van der Waals surface area contributed by atoms with E-state index in [0.29, 0.717) is 19.1 Å². The molecule has 0 heterocycles. The maximum atomic E-state index is 11.9. The summed E-state index contributed by atoms with van der Waals surface area (Å²) in [7, 11) is 0. The lowest BCUT2D eigenvalue weighted by Crippen LogP contribution is -2.33. The average molecular weight is 275 g/mol. The standard InChI is InChI=1S/C17H25NO2/c1-12-7-8-15(11-12)18-16(19)9-10-20-17-13(2)5-4-6-14(17)3/h4-6,12,15H,7-11H2,1-3H3,(H,18,19). The Bertz CT molecular complexity index is 450. The molecule has 1 amide bonds. The van der Waals surface area contributed by atoms with E-state index in [1.165, 1.54) is 6.42 Å². The molecule has 2 rings (SSSR count). The van der Waals surface area contributed by atoms with E-state index in [1.807, 2.05) is 32.0 Å². The van der Waals surface area contributed by atoms with Gasteiger partial charge in [0.05, 0.1) is 13.0 Å². The molecular weight excluding hydrogens is 250 g/mol. The summed E-state index contributed by atoms with van der Waals surface area (Å²) in [5, 5.41) is 3.11. The highest BCUT2D eigenvalue weighted by atomic mass is 16.5. The first-order chi connectivity index (χ1) is 9.56. The van der Waals surface area contributed by atoms with Crippen molar-refractivity contribution in [1.29, 1.82) is 0 Å². The van der Waals surface area contributed by atoms with Gasteiger partial charge >= 0.3 is 0 Å². The van der Waals surface area contributed by atoms with E-state index >= 15 is 0 Å². The van der Waals surface area contributed by atoms with Crippen molar-refractivity contribution in [3.8, 4) is 5.75 Å². The van der Waals surface area contributed by atoms with Crippen LogP contribution in [0.4, 0.5) is 0 Å². The first-order valence-electron chi connectivity index (χ1n) is 7.54. The molecule has 3 heteroatoms. The highest BCUT2D eigenvalue weighted by Crippen LogP contribution is 2.25. The van der Waals surface area contributed by atoms with Crippen LogP contribution < -0.4 is 10.1 Å². The number of amides is 1. The second-order valence-corrected chi connectivity index (χ2v) is 6.00. The van der Waals surface area contributed by atoms with Crippen LogP contribution in [0.25, 0.3) is 0 Å². The summed E-state index contributed by atoms with van der Waals surface area (Å²) in [6.45, 7) is 6.75. The van der Waals surface area contributed by atoms with Crippen LogP contribution >= 0.6 is 0 Å². The number of hydrogen-bond acceptors (Lipinski definition) is 2. The van der Waals surface area contributed by atoms with Gasteiger partial charge in [0.25, 0.3) is 0 Å². The van der Waals surface area contributed by atoms with Crippen LogP contribution in [0, 0.1) is 19.8 Å². The van der Waals surface area contributed by atoms with Crippen molar-refractivity contribution in [1.82, 2.24) is 5.32 Å². The van der Waals surface area contributed by atoms with Crippen LogP contribution in [0.5, 0.6) is 5.75 Å². The van der Waals surface area contributed by atoms with Gasteiger partial charge in [-0.05, 0) is 50.2 Å². The molecule has 1 aliphatic rings. The Morgan fingerprint density at radius 1 is 1.30 bits per heavy atom. The van der Waals surface area contributed by atoms with Crippen LogP contribution in [-0.4, -0.2) is 18.6 Å². The molecule has 20 heavy (non-hydrogen) atoms. The summed E-state index contributed by atoms with van der Waals surface area (Å²) >= 11 is 0. The van der Waals surface area contributed by atoms with Gasteiger partial charge in [0.1, 0.15) is 5.75 Å². The third-order valence-electron chi connectivity index (χ3n) is 4.04. The molecule has 3 nitrogen and oxygen atoms in total. The lowest BCUT2D eigenvalue weighted by molar-refractivity contribution is -0.122. The summed E-state index contributed by atoms with van der Waals surface area (Å²) in [5.74, 6) is 1.76. The fraction of sp³-hybridized carbons (Fsp3) is 0.588. The fourth-order valence-corrected chi connectivity index (χ4v) is 2.91. The average Bonchev–Trinajstić information content (AvgIpc) is 2.78. The number of hydrogen-bond donors (Lipinski definition) is 1. The second-order valence-electron chi connectivity index (χ2n) is 6.00. The number of ether oxygens (including phenoxy) is 1. The summed E-state index contributed by atoms with van der Waals surface area (Å²) < 4.78 is 5.76. The molecule has 1 N–H and O–H groups in total. The molecule has 0 saturated heterocycles. The fourth-order valence-electron chi connectivity index (χ4n) is 2.91. The van der Waals surface area contributed by atoms with Gasteiger partial charge in [-0.2, -0.15) is 0 Å². The summed E-state index contributed by atoms with van der Waals surface area (Å²) in [6, 6.07) is 6.45. The van der Waals surface area contributed by atoms with Gasteiger partial charge in [-0.15, -0.1) is 0 Å². The molecule has 0 bridgehead atoms. The van der Waals surface area contributed by atoms with Gasteiger partial charge in [0, 0.05) is 6.04 Å². The molecule has 0 radical (unpaired) electrons. The van der Waals surface area contributed by atoms with Crippen LogP contribution in [0.2, 0.25) is 0 Å². The minimum absolute atomic E-state index is 0.107. The van der Waals surface area contributed by atoms with Gasteiger partial charge in [-0.25, -0.2) is 0 Å². The zero-order chi connectivity index (χ0) is 14.5. The predicted molar refractivity (Wildman–Crippen MR) is 81.0 cm³/mol. The van der Waals surface area contributed by atoms with Crippen molar-refractivity contribution in [2.24, 2.45) is 5.92 Å². The van der Waals surface area contributed by atoms with E-state index in [9.17, 15) is 4.79 Å². The summed E-state index contributed by atoms with van der Waals surface area (Å²) in [4.78, 5) is 11.9. The second kappa shape index (κ2) is 6.78. The molecule has 110 valence electrons. The van der Waals surface area contributed by atoms with E-state index < -0.39 is 0 Å². The zero-order valence-corrected chi connectivity index (χ0v) is 12.7. The van der Waals surface area contributed by atoms with E-state index in [4.69, 9.17) is 4.74 Å². The summed E-state index contributed by atoms with van der Waals surface area (Å²) in [6.07, 6.45) is 3.89. The molecule has 2 atom stereocenters. The highest BCUT2D eigenvalue weighted by Gasteiger charge is 2.22. The quantitative estimate of drug-likeness (QED) is 0.894. The van der Waals surface area contributed by atoms with Crippen molar-refractivity contribution in [2.75, 3.05) is 6.61 Å². The Balaban J connectivity index is 1.74. The van der Waals surface area contributed by atoms with Crippen molar-refractivity contribution in [3.05, 3.63) is 29.3 Å².